The predicted molar refractivity (Wildman–Crippen MR) is 136 cm³/mol. The van der Waals surface area contributed by atoms with E-state index >= 15 is 0 Å². The van der Waals surface area contributed by atoms with Crippen LogP contribution >= 0.6 is 0 Å². The molecule has 190 valence electrons. The Morgan fingerprint density at radius 2 is 1.97 bits per heavy atom. The standard InChI is InChI=1S/C27H33N5O4/c1-3-10-29-26(35)32-17-27(8-13-31(14-9-27)25(34)18-6-11-28-12-7-18)23-20-5-4-19(36-2)15-21(20)30-24(23)22(32)16-33/h4-7,11-12,15,22,30,33H,3,8-10,13-14,16-17H2,1-2H3,(H,29,35)/t22-/m0/s1. The Kier molecular flexibility index (Phi) is 6.57. The number of rotatable bonds is 5. The summed E-state index contributed by atoms with van der Waals surface area (Å²) < 4.78 is 5.44. The van der Waals surface area contributed by atoms with Crippen molar-refractivity contribution < 1.29 is 19.4 Å². The fourth-order valence-electron chi connectivity index (χ4n) is 5.78. The normalized spacial score (nSPS) is 18.8. The number of methoxy groups -OCH3 is 1. The number of aromatic amines is 1. The van der Waals surface area contributed by atoms with Gasteiger partial charge >= 0.3 is 6.03 Å². The molecule has 0 aliphatic carbocycles. The van der Waals surface area contributed by atoms with Crippen molar-refractivity contribution in [2.45, 2.75) is 37.6 Å². The van der Waals surface area contributed by atoms with Crippen LogP contribution in [0, 0.1) is 0 Å². The minimum absolute atomic E-state index is 0.00211. The first-order valence-corrected chi connectivity index (χ1v) is 12.6. The molecule has 0 radical (unpaired) electrons. The summed E-state index contributed by atoms with van der Waals surface area (Å²) in [5.74, 6) is 0.740. The van der Waals surface area contributed by atoms with E-state index in [0.29, 0.717) is 44.6 Å². The highest BCUT2D eigenvalue weighted by Gasteiger charge is 2.49. The molecule has 0 saturated carbocycles. The summed E-state index contributed by atoms with van der Waals surface area (Å²) in [6.07, 6.45) is 5.53. The minimum Gasteiger partial charge on any atom is -0.497 e. The smallest absolute Gasteiger partial charge is 0.318 e. The lowest BCUT2D eigenvalue weighted by atomic mass is 9.68. The molecule has 1 fully saturated rings. The molecule has 3 aromatic rings. The fraction of sp³-hybridized carbons (Fsp3) is 0.444. The summed E-state index contributed by atoms with van der Waals surface area (Å²) in [4.78, 5) is 37.5. The first-order chi connectivity index (χ1) is 17.5. The van der Waals surface area contributed by atoms with Gasteiger partial charge in [0.05, 0.1) is 19.8 Å². The van der Waals surface area contributed by atoms with Crippen LogP contribution in [0.5, 0.6) is 5.75 Å². The second kappa shape index (κ2) is 9.81. The second-order valence-electron chi connectivity index (χ2n) is 9.69. The van der Waals surface area contributed by atoms with Gasteiger partial charge in [-0.25, -0.2) is 4.79 Å². The number of urea groups is 1. The van der Waals surface area contributed by atoms with Gasteiger partial charge in [-0.1, -0.05) is 6.92 Å². The number of piperidine rings is 1. The van der Waals surface area contributed by atoms with E-state index in [1.54, 1.807) is 36.5 Å². The van der Waals surface area contributed by atoms with E-state index < -0.39 is 6.04 Å². The summed E-state index contributed by atoms with van der Waals surface area (Å²) >= 11 is 0. The molecule has 1 saturated heterocycles. The average molecular weight is 492 g/mol. The number of aliphatic hydroxyl groups is 1. The number of hydrogen-bond acceptors (Lipinski definition) is 5. The molecule has 5 rings (SSSR count). The average Bonchev–Trinajstić information content (AvgIpc) is 3.31. The van der Waals surface area contributed by atoms with Gasteiger partial charge in [0, 0.05) is 72.2 Å². The van der Waals surface area contributed by atoms with Crippen LogP contribution in [0.25, 0.3) is 10.9 Å². The molecule has 1 spiro atoms. The highest BCUT2D eigenvalue weighted by Crippen LogP contribution is 2.49. The summed E-state index contributed by atoms with van der Waals surface area (Å²) in [6.45, 7) is 4.05. The van der Waals surface area contributed by atoms with Gasteiger partial charge in [-0.3, -0.25) is 9.78 Å². The first-order valence-electron chi connectivity index (χ1n) is 12.6. The molecule has 4 heterocycles. The highest BCUT2D eigenvalue weighted by molar-refractivity contribution is 5.94. The number of H-pyrrole nitrogens is 1. The fourth-order valence-corrected chi connectivity index (χ4v) is 5.78. The Morgan fingerprint density at radius 3 is 2.64 bits per heavy atom. The molecule has 2 aliphatic rings. The third kappa shape index (κ3) is 4.07. The molecule has 1 aromatic carbocycles. The van der Waals surface area contributed by atoms with Crippen LogP contribution in [-0.2, 0) is 5.41 Å². The van der Waals surface area contributed by atoms with Gasteiger partial charge in [0.15, 0.2) is 0 Å². The molecule has 2 aromatic heterocycles. The van der Waals surface area contributed by atoms with Gasteiger partial charge in [-0.15, -0.1) is 0 Å². The Hall–Kier alpha value is -3.59. The van der Waals surface area contributed by atoms with E-state index in [1.807, 2.05) is 24.0 Å². The van der Waals surface area contributed by atoms with Gasteiger partial charge in [-0.2, -0.15) is 0 Å². The number of fused-ring (bicyclic) bond motifs is 4. The molecule has 2 aliphatic heterocycles. The zero-order valence-corrected chi connectivity index (χ0v) is 20.8. The molecule has 36 heavy (non-hydrogen) atoms. The molecule has 1 atom stereocenters. The second-order valence-corrected chi connectivity index (χ2v) is 9.69. The number of carbonyl (C=O) groups excluding carboxylic acids is 2. The number of ether oxygens (including phenoxy) is 1. The van der Waals surface area contributed by atoms with Crippen molar-refractivity contribution in [3.05, 3.63) is 59.5 Å². The van der Waals surface area contributed by atoms with Gasteiger partial charge in [0.25, 0.3) is 5.91 Å². The number of pyridine rings is 1. The third-order valence-electron chi connectivity index (χ3n) is 7.64. The van der Waals surface area contributed by atoms with Gasteiger partial charge in [0.1, 0.15) is 5.75 Å². The molecule has 3 N–H and O–H groups in total. The maximum atomic E-state index is 13.2. The number of nitrogens with zero attached hydrogens (tertiary/aromatic N) is 3. The summed E-state index contributed by atoms with van der Waals surface area (Å²) in [6, 6.07) is 8.79. The van der Waals surface area contributed by atoms with Crippen molar-refractivity contribution in [1.29, 1.82) is 0 Å². The number of carbonyl (C=O) groups is 2. The first kappa shape index (κ1) is 24.1. The lowest BCUT2D eigenvalue weighted by molar-refractivity contribution is 0.0527. The van der Waals surface area contributed by atoms with E-state index in [1.165, 1.54) is 0 Å². The number of amides is 3. The van der Waals surface area contributed by atoms with Crippen molar-refractivity contribution in [3.8, 4) is 5.75 Å². The van der Waals surface area contributed by atoms with Crippen LogP contribution in [-0.4, -0.2) is 76.7 Å². The van der Waals surface area contributed by atoms with Crippen LogP contribution in [0.1, 0.15) is 53.8 Å². The van der Waals surface area contributed by atoms with E-state index in [4.69, 9.17) is 4.74 Å². The number of nitrogens with one attached hydrogen (secondary N) is 2. The van der Waals surface area contributed by atoms with Gasteiger partial charge in [0.2, 0.25) is 0 Å². The molecule has 0 unspecified atom stereocenters. The lowest BCUT2D eigenvalue weighted by Crippen LogP contribution is -2.57. The number of benzene rings is 1. The molecule has 9 heteroatoms. The summed E-state index contributed by atoms with van der Waals surface area (Å²) in [5.41, 5.74) is 3.22. The van der Waals surface area contributed by atoms with Crippen LogP contribution < -0.4 is 10.1 Å². The van der Waals surface area contributed by atoms with E-state index in [0.717, 1.165) is 34.3 Å². The van der Waals surface area contributed by atoms with E-state index in [-0.39, 0.29) is 24.0 Å². The summed E-state index contributed by atoms with van der Waals surface area (Å²) in [5, 5.41) is 14.5. The Labute approximate surface area is 210 Å². The van der Waals surface area contributed by atoms with Crippen molar-refractivity contribution in [2.75, 3.05) is 39.9 Å². The van der Waals surface area contributed by atoms with Crippen LogP contribution in [0.4, 0.5) is 4.79 Å². The molecule has 9 nitrogen and oxygen atoms in total. The van der Waals surface area contributed by atoms with Crippen molar-refractivity contribution >= 4 is 22.8 Å². The quantitative estimate of drug-likeness (QED) is 0.508. The van der Waals surface area contributed by atoms with E-state index in [2.05, 4.69) is 21.4 Å². The largest absolute Gasteiger partial charge is 0.497 e. The zero-order chi connectivity index (χ0) is 25.3. The van der Waals surface area contributed by atoms with Crippen LogP contribution in [0.3, 0.4) is 0 Å². The van der Waals surface area contributed by atoms with Crippen molar-refractivity contribution in [3.63, 3.8) is 0 Å². The zero-order valence-electron chi connectivity index (χ0n) is 20.8. The van der Waals surface area contributed by atoms with Crippen LogP contribution in [0.15, 0.2) is 42.7 Å². The third-order valence-corrected chi connectivity index (χ3v) is 7.64. The number of likely N-dealkylation sites (tertiary alicyclic amines) is 1. The van der Waals surface area contributed by atoms with Gasteiger partial charge in [-0.05, 0) is 49.1 Å². The Morgan fingerprint density at radius 1 is 1.22 bits per heavy atom. The Bertz CT molecular complexity index is 1250. The number of aromatic nitrogens is 2. The Balaban J connectivity index is 1.54. The van der Waals surface area contributed by atoms with Crippen molar-refractivity contribution in [1.82, 2.24) is 25.1 Å². The predicted octanol–water partition coefficient (Wildman–Crippen LogP) is 3.21. The lowest BCUT2D eigenvalue weighted by Gasteiger charge is -2.50. The highest BCUT2D eigenvalue weighted by atomic mass is 16.5. The maximum absolute atomic E-state index is 13.2. The van der Waals surface area contributed by atoms with Gasteiger partial charge < -0.3 is 29.9 Å². The van der Waals surface area contributed by atoms with E-state index in [9.17, 15) is 14.7 Å². The molecular formula is C27H33N5O4. The molecule has 3 amide bonds. The van der Waals surface area contributed by atoms with Crippen LogP contribution in [0.2, 0.25) is 0 Å². The monoisotopic (exact) mass is 491 g/mol. The molecule has 0 bridgehead atoms. The van der Waals surface area contributed by atoms with Crippen molar-refractivity contribution in [2.24, 2.45) is 0 Å². The maximum Gasteiger partial charge on any atom is 0.318 e. The summed E-state index contributed by atoms with van der Waals surface area (Å²) in [7, 11) is 1.64. The number of aliphatic hydroxyl groups excluding tert-OH is 1. The SMILES string of the molecule is CCCNC(=O)N1CC2(CCN(C(=O)c3ccncc3)CC2)c2c([nH]c3cc(OC)ccc23)[C@@H]1CO. The number of hydrogen-bond donors (Lipinski definition) is 3. The minimum atomic E-state index is -0.475. The molecular weight excluding hydrogens is 458 g/mol. The topological polar surface area (TPSA) is 111 Å².